The molecule has 1 rings (SSSR count). The van der Waals surface area contributed by atoms with Crippen LogP contribution in [0.1, 0.15) is 36.9 Å². The number of nitrogens with two attached hydrogens (primary N) is 1. The molecule has 0 fully saturated rings. The summed E-state index contributed by atoms with van der Waals surface area (Å²) in [6.07, 6.45) is 4.22. The molecule has 1 unspecified atom stereocenters. The van der Waals surface area contributed by atoms with Gasteiger partial charge in [-0.25, -0.2) is 0 Å². The Labute approximate surface area is 80.2 Å². The van der Waals surface area contributed by atoms with Gasteiger partial charge >= 0.3 is 0 Å². The van der Waals surface area contributed by atoms with Gasteiger partial charge in [-0.15, -0.1) is 0 Å². The molecule has 13 heavy (non-hydrogen) atoms. The van der Waals surface area contributed by atoms with Crippen molar-refractivity contribution in [2.24, 2.45) is 5.73 Å². The lowest BCUT2D eigenvalue weighted by atomic mass is 9.98. The summed E-state index contributed by atoms with van der Waals surface area (Å²) in [5, 5.41) is 0. The van der Waals surface area contributed by atoms with Crippen LogP contribution in [0.4, 0.5) is 0 Å². The third-order valence-corrected chi connectivity index (χ3v) is 2.34. The second-order valence-electron chi connectivity index (χ2n) is 3.56. The SMILES string of the molecule is Cc1ccc(C(C)CCCN)cn1. The maximum absolute atomic E-state index is 5.46. The number of aromatic nitrogens is 1. The zero-order chi connectivity index (χ0) is 9.68. The summed E-state index contributed by atoms with van der Waals surface area (Å²) in [6, 6.07) is 4.22. The molecule has 0 aromatic carbocycles. The van der Waals surface area contributed by atoms with E-state index in [1.807, 2.05) is 13.1 Å². The predicted octanol–water partition coefficient (Wildman–Crippen LogP) is 2.23. The molecule has 72 valence electrons. The Morgan fingerprint density at radius 1 is 1.46 bits per heavy atom. The fourth-order valence-corrected chi connectivity index (χ4v) is 1.36. The van der Waals surface area contributed by atoms with Crippen molar-refractivity contribution >= 4 is 0 Å². The van der Waals surface area contributed by atoms with E-state index in [1.165, 1.54) is 5.56 Å². The minimum Gasteiger partial charge on any atom is -0.330 e. The number of rotatable bonds is 4. The van der Waals surface area contributed by atoms with E-state index < -0.39 is 0 Å². The molecule has 0 aliphatic heterocycles. The minimum absolute atomic E-state index is 0.580. The lowest BCUT2D eigenvalue weighted by Gasteiger charge is -2.10. The zero-order valence-electron chi connectivity index (χ0n) is 8.46. The van der Waals surface area contributed by atoms with Crippen molar-refractivity contribution in [3.05, 3.63) is 29.6 Å². The van der Waals surface area contributed by atoms with Crippen LogP contribution in [0.25, 0.3) is 0 Å². The summed E-state index contributed by atoms with van der Waals surface area (Å²) in [5.41, 5.74) is 7.86. The number of hydrogen-bond acceptors (Lipinski definition) is 2. The first-order valence-electron chi connectivity index (χ1n) is 4.86. The highest BCUT2D eigenvalue weighted by Crippen LogP contribution is 2.19. The van der Waals surface area contributed by atoms with Gasteiger partial charge in [-0.2, -0.15) is 0 Å². The standard InChI is InChI=1S/C11H18N2/c1-9(4-3-7-12)11-6-5-10(2)13-8-11/h5-6,8-9H,3-4,7,12H2,1-2H3. The molecular weight excluding hydrogens is 160 g/mol. The number of nitrogens with zero attached hydrogens (tertiary/aromatic N) is 1. The van der Waals surface area contributed by atoms with Crippen molar-refractivity contribution in [1.29, 1.82) is 0 Å². The van der Waals surface area contributed by atoms with Gasteiger partial charge in [-0.3, -0.25) is 4.98 Å². The lowest BCUT2D eigenvalue weighted by molar-refractivity contribution is 0.638. The summed E-state index contributed by atoms with van der Waals surface area (Å²) < 4.78 is 0. The monoisotopic (exact) mass is 178 g/mol. The van der Waals surface area contributed by atoms with Crippen LogP contribution in [0.2, 0.25) is 0 Å². The summed E-state index contributed by atoms with van der Waals surface area (Å²) in [6.45, 7) is 5.01. The third kappa shape index (κ3) is 3.15. The van der Waals surface area contributed by atoms with Gasteiger partial charge in [0, 0.05) is 11.9 Å². The third-order valence-electron chi connectivity index (χ3n) is 2.34. The molecule has 1 heterocycles. The van der Waals surface area contributed by atoms with Crippen LogP contribution in [0, 0.1) is 6.92 Å². The molecule has 0 saturated heterocycles. The predicted molar refractivity (Wildman–Crippen MR) is 55.7 cm³/mol. The van der Waals surface area contributed by atoms with Crippen LogP contribution in [0.3, 0.4) is 0 Å². The summed E-state index contributed by atoms with van der Waals surface area (Å²) >= 11 is 0. The second kappa shape index (κ2) is 4.97. The topological polar surface area (TPSA) is 38.9 Å². The molecule has 0 amide bonds. The van der Waals surface area contributed by atoms with Crippen molar-refractivity contribution in [3.8, 4) is 0 Å². The van der Waals surface area contributed by atoms with Crippen LogP contribution in [0.15, 0.2) is 18.3 Å². The van der Waals surface area contributed by atoms with Gasteiger partial charge in [0.25, 0.3) is 0 Å². The molecule has 0 aliphatic carbocycles. The van der Waals surface area contributed by atoms with Crippen molar-refractivity contribution in [2.45, 2.75) is 32.6 Å². The molecule has 1 atom stereocenters. The average molecular weight is 178 g/mol. The molecule has 0 aliphatic rings. The largest absolute Gasteiger partial charge is 0.330 e. The maximum Gasteiger partial charge on any atom is 0.0372 e. The maximum atomic E-state index is 5.46. The van der Waals surface area contributed by atoms with E-state index in [4.69, 9.17) is 5.73 Å². The Kier molecular flexibility index (Phi) is 3.90. The Morgan fingerprint density at radius 2 is 2.23 bits per heavy atom. The van der Waals surface area contributed by atoms with Crippen LogP contribution in [0.5, 0.6) is 0 Å². The molecule has 1 aromatic heterocycles. The summed E-state index contributed by atoms with van der Waals surface area (Å²) in [7, 11) is 0. The molecule has 2 heteroatoms. The molecule has 0 saturated carbocycles. The van der Waals surface area contributed by atoms with E-state index in [1.54, 1.807) is 0 Å². The van der Waals surface area contributed by atoms with Crippen molar-refractivity contribution in [1.82, 2.24) is 4.98 Å². The van der Waals surface area contributed by atoms with E-state index >= 15 is 0 Å². The fourth-order valence-electron chi connectivity index (χ4n) is 1.36. The number of pyridine rings is 1. The van der Waals surface area contributed by atoms with Crippen molar-refractivity contribution in [2.75, 3.05) is 6.54 Å². The van der Waals surface area contributed by atoms with Crippen LogP contribution in [-0.4, -0.2) is 11.5 Å². The van der Waals surface area contributed by atoms with Gasteiger partial charge in [-0.05, 0) is 43.9 Å². The van der Waals surface area contributed by atoms with Gasteiger partial charge in [0.2, 0.25) is 0 Å². The van der Waals surface area contributed by atoms with Crippen LogP contribution >= 0.6 is 0 Å². The van der Waals surface area contributed by atoms with Gasteiger partial charge in [0.15, 0.2) is 0 Å². The fraction of sp³-hybridized carbons (Fsp3) is 0.545. The highest BCUT2D eigenvalue weighted by molar-refractivity contribution is 5.16. The second-order valence-corrected chi connectivity index (χ2v) is 3.56. The molecule has 2 nitrogen and oxygen atoms in total. The van der Waals surface area contributed by atoms with Crippen molar-refractivity contribution in [3.63, 3.8) is 0 Å². The smallest absolute Gasteiger partial charge is 0.0372 e. The van der Waals surface area contributed by atoms with Crippen LogP contribution in [-0.2, 0) is 0 Å². The Balaban J connectivity index is 2.55. The van der Waals surface area contributed by atoms with Gasteiger partial charge in [-0.1, -0.05) is 13.0 Å². The first-order chi connectivity index (χ1) is 6.24. The molecular formula is C11H18N2. The average Bonchev–Trinajstić information content (AvgIpc) is 2.15. The van der Waals surface area contributed by atoms with Crippen LogP contribution < -0.4 is 5.73 Å². The Bertz CT molecular complexity index is 241. The highest BCUT2D eigenvalue weighted by atomic mass is 14.7. The Hall–Kier alpha value is -0.890. The van der Waals surface area contributed by atoms with Gasteiger partial charge in [0.05, 0.1) is 0 Å². The molecule has 2 N–H and O–H groups in total. The normalized spacial score (nSPS) is 12.8. The lowest BCUT2D eigenvalue weighted by Crippen LogP contribution is -2.02. The quantitative estimate of drug-likeness (QED) is 0.768. The van der Waals surface area contributed by atoms with E-state index in [0.717, 1.165) is 25.1 Å². The Morgan fingerprint density at radius 3 is 2.77 bits per heavy atom. The van der Waals surface area contributed by atoms with E-state index in [-0.39, 0.29) is 0 Å². The van der Waals surface area contributed by atoms with Gasteiger partial charge in [0.1, 0.15) is 0 Å². The minimum atomic E-state index is 0.580. The summed E-state index contributed by atoms with van der Waals surface area (Å²) in [4.78, 5) is 4.28. The first-order valence-corrected chi connectivity index (χ1v) is 4.86. The van der Waals surface area contributed by atoms with Gasteiger partial charge < -0.3 is 5.73 Å². The molecule has 0 bridgehead atoms. The van der Waals surface area contributed by atoms with E-state index in [2.05, 4.69) is 24.0 Å². The molecule has 0 radical (unpaired) electrons. The van der Waals surface area contributed by atoms with Crippen molar-refractivity contribution < 1.29 is 0 Å². The van der Waals surface area contributed by atoms with E-state index in [9.17, 15) is 0 Å². The molecule has 0 spiro atoms. The molecule has 1 aromatic rings. The summed E-state index contributed by atoms with van der Waals surface area (Å²) in [5.74, 6) is 0.580. The number of hydrogen-bond donors (Lipinski definition) is 1. The number of aryl methyl sites for hydroxylation is 1. The first kappa shape index (κ1) is 10.2. The van der Waals surface area contributed by atoms with E-state index in [0.29, 0.717) is 5.92 Å². The highest BCUT2D eigenvalue weighted by Gasteiger charge is 2.04. The zero-order valence-corrected chi connectivity index (χ0v) is 8.46.